The summed E-state index contributed by atoms with van der Waals surface area (Å²) in [5.74, 6) is -0.312. The monoisotopic (exact) mass is 316 g/mol. The van der Waals surface area contributed by atoms with Gasteiger partial charge in [-0.15, -0.1) is 5.10 Å². The summed E-state index contributed by atoms with van der Waals surface area (Å²) in [4.78, 5) is 23.9. The van der Waals surface area contributed by atoms with Crippen LogP contribution in [0.3, 0.4) is 0 Å². The first-order chi connectivity index (χ1) is 11.1. The zero-order chi connectivity index (χ0) is 16.7. The summed E-state index contributed by atoms with van der Waals surface area (Å²) in [6, 6.07) is 7.31. The second-order valence-corrected chi connectivity index (χ2v) is 5.27. The lowest BCUT2D eigenvalue weighted by Gasteiger charge is -2.12. The summed E-state index contributed by atoms with van der Waals surface area (Å²) in [5.41, 5.74) is 1.43. The first-order valence-corrected chi connectivity index (χ1v) is 7.45. The van der Waals surface area contributed by atoms with Crippen LogP contribution in [0.1, 0.15) is 36.2 Å². The maximum atomic E-state index is 12.1. The third kappa shape index (κ3) is 5.17. The zero-order valence-electron chi connectivity index (χ0n) is 13.2. The van der Waals surface area contributed by atoms with Crippen LogP contribution in [0, 0.1) is 0 Å². The maximum Gasteiger partial charge on any atom is 0.251 e. The highest BCUT2D eigenvalue weighted by molar-refractivity contribution is 5.94. The van der Waals surface area contributed by atoms with Gasteiger partial charge in [-0.25, -0.2) is 4.68 Å². The van der Waals surface area contributed by atoms with Crippen LogP contribution in [-0.4, -0.2) is 38.1 Å². The fourth-order valence-corrected chi connectivity index (χ4v) is 1.89. The van der Waals surface area contributed by atoms with Gasteiger partial charge in [0.15, 0.2) is 0 Å². The van der Waals surface area contributed by atoms with Crippen molar-refractivity contribution in [2.45, 2.75) is 39.4 Å². The Morgan fingerprint density at radius 3 is 2.87 bits per heavy atom. The lowest BCUT2D eigenvalue weighted by molar-refractivity contribution is -0.122. The molecule has 2 N–H and O–H groups in total. The molecule has 0 fully saturated rings. The van der Waals surface area contributed by atoms with Crippen molar-refractivity contribution in [1.29, 1.82) is 0 Å². The molecule has 2 amide bonds. The van der Waals surface area contributed by atoms with Crippen LogP contribution in [0.2, 0.25) is 0 Å². The molecule has 0 radical (unpaired) electrons. The molecule has 0 saturated carbocycles. The molecule has 1 aromatic heterocycles. The fourth-order valence-electron chi connectivity index (χ4n) is 1.89. The summed E-state index contributed by atoms with van der Waals surface area (Å²) in [6.07, 6.45) is 2.25. The Balaban J connectivity index is 1.89. The molecular formula is C15H20N6O2. The van der Waals surface area contributed by atoms with Crippen LogP contribution >= 0.6 is 0 Å². The Hall–Kier alpha value is -2.77. The summed E-state index contributed by atoms with van der Waals surface area (Å²) < 4.78 is 1.34. The van der Waals surface area contributed by atoms with Gasteiger partial charge in [-0.1, -0.05) is 19.1 Å². The van der Waals surface area contributed by atoms with E-state index in [-0.39, 0.29) is 24.4 Å². The van der Waals surface area contributed by atoms with E-state index < -0.39 is 0 Å². The second-order valence-electron chi connectivity index (χ2n) is 5.27. The minimum atomic E-state index is -0.202. The lowest BCUT2D eigenvalue weighted by Crippen LogP contribution is -2.32. The molecule has 0 aliphatic heterocycles. The molecule has 8 heteroatoms. The van der Waals surface area contributed by atoms with Gasteiger partial charge < -0.3 is 10.6 Å². The average Bonchev–Trinajstić information content (AvgIpc) is 3.06. The van der Waals surface area contributed by atoms with E-state index in [0.717, 1.165) is 12.0 Å². The topological polar surface area (TPSA) is 102 Å². The van der Waals surface area contributed by atoms with Gasteiger partial charge in [0.1, 0.15) is 12.9 Å². The Morgan fingerprint density at radius 1 is 1.35 bits per heavy atom. The van der Waals surface area contributed by atoms with Gasteiger partial charge in [-0.05, 0) is 41.5 Å². The van der Waals surface area contributed by atoms with Crippen molar-refractivity contribution >= 4 is 11.8 Å². The molecule has 0 spiro atoms. The number of amides is 2. The first kappa shape index (κ1) is 16.6. The number of hydrogen-bond donors (Lipinski definition) is 2. The maximum absolute atomic E-state index is 12.1. The van der Waals surface area contributed by atoms with Gasteiger partial charge in [-0.2, -0.15) is 0 Å². The van der Waals surface area contributed by atoms with Crippen LogP contribution in [-0.2, 0) is 17.9 Å². The molecule has 1 aromatic carbocycles. The quantitative estimate of drug-likeness (QED) is 0.775. The number of hydrogen-bond acceptors (Lipinski definition) is 5. The van der Waals surface area contributed by atoms with Gasteiger partial charge in [0.25, 0.3) is 5.91 Å². The minimum absolute atomic E-state index is 0.0567. The fraction of sp³-hybridized carbons (Fsp3) is 0.400. The van der Waals surface area contributed by atoms with Crippen molar-refractivity contribution in [3.63, 3.8) is 0 Å². The van der Waals surface area contributed by atoms with E-state index in [1.54, 1.807) is 18.2 Å². The number of aromatic nitrogens is 4. The lowest BCUT2D eigenvalue weighted by atomic mass is 10.1. The number of benzene rings is 1. The van der Waals surface area contributed by atoms with Crippen LogP contribution in [0.4, 0.5) is 0 Å². The molecule has 23 heavy (non-hydrogen) atoms. The van der Waals surface area contributed by atoms with Crippen molar-refractivity contribution in [3.05, 3.63) is 41.7 Å². The first-order valence-electron chi connectivity index (χ1n) is 7.45. The van der Waals surface area contributed by atoms with Crippen LogP contribution in [0.5, 0.6) is 0 Å². The number of rotatable bonds is 7. The van der Waals surface area contributed by atoms with E-state index >= 15 is 0 Å². The predicted octanol–water partition coefficient (Wildman–Crippen LogP) is 0.518. The molecule has 1 heterocycles. The van der Waals surface area contributed by atoms with Crippen LogP contribution < -0.4 is 10.6 Å². The standard InChI is InChI=1S/C15H20N6O2/c1-3-11(2)18-15(23)13-6-4-5-12(7-13)8-16-14(22)9-21-10-17-19-20-21/h4-7,10-11H,3,8-9H2,1-2H3,(H,16,22)(H,18,23)/t11-/m0/s1. The third-order valence-corrected chi connectivity index (χ3v) is 3.37. The molecule has 0 aliphatic carbocycles. The van der Waals surface area contributed by atoms with E-state index in [0.29, 0.717) is 12.1 Å². The summed E-state index contributed by atoms with van der Waals surface area (Å²) in [5, 5.41) is 16.2. The van der Waals surface area contributed by atoms with E-state index in [1.165, 1.54) is 11.0 Å². The molecular weight excluding hydrogens is 296 g/mol. The van der Waals surface area contributed by atoms with Crippen molar-refractivity contribution in [2.24, 2.45) is 0 Å². The Kier molecular flexibility index (Phi) is 5.79. The average molecular weight is 316 g/mol. The van der Waals surface area contributed by atoms with Gasteiger partial charge in [0.05, 0.1) is 0 Å². The predicted molar refractivity (Wildman–Crippen MR) is 83.3 cm³/mol. The number of carbonyl (C=O) groups is 2. The molecule has 0 bridgehead atoms. The SMILES string of the molecule is CC[C@H](C)NC(=O)c1cccc(CNC(=O)Cn2cnnn2)c1. The highest BCUT2D eigenvalue weighted by Crippen LogP contribution is 2.06. The molecule has 2 aromatic rings. The Morgan fingerprint density at radius 2 is 2.17 bits per heavy atom. The Bertz CT molecular complexity index is 656. The highest BCUT2D eigenvalue weighted by atomic mass is 16.2. The van der Waals surface area contributed by atoms with Crippen molar-refractivity contribution < 1.29 is 9.59 Å². The second kappa shape index (κ2) is 8.02. The van der Waals surface area contributed by atoms with Crippen LogP contribution in [0.15, 0.2) is 30.6 Å². The van der Waals surface area contributed by atoms with Gasteiger partial charge >= 0.3 is 0 Å². The molecule has 8 nitrogen and oxygen atoms in total. The molecule has 122 valence electrons. The smallest absolute Gasteiger partial charge is 0.251 e. The zero-order valence-corrected chi connectivity index (χ0v) is 13.2. The summed E-state index contributed by atoms with van der Waals surface area (Å²) in [7, 11) is 0. The van der Waals surface area contributed by atoms with Crippen molar-refractivity contribution in [1.82, 2.24) is 30.8 Å². The molecule has 0 aliphatic rings. The normalized spacial score (nSPS) is 11.7. The van der Waals surface area contributed by atoms with Crippen LogP contribution in [0.25, 0.3) is 0 Å². The number of nitrogens with zero attached hydrogens (tertiary/aromatic N) is 4. The van der Waals surface area contributed by atoms with E-state index in [1.807, 2.05) is 19.9 Å². The molecule has 1 atom stereocenters. The number of tetrazole rings is 1. The Labute approximate surface area is 134 Å². The van der Waals surface area contributed by atoms with Gasteiger partial charge in [0, 0.05) is 18.2 Å². The number of carbonyl (C=O) groups excluding carboxylic acids is 2. The van der Waals surface area contributed by atoms with Crippen molar-refractivity contribution in [3.8, 4) is 0 Å². The minimum Gasteiger partial charge on any atom is -0.350 e. The largest absolute Gasteiger partial charge is 0.350 e. The van der Waals surface area contributed by atoms with E-state index in [2.05, 4.69) is 26.2 Å². The molecule has 0 unspecified atom stereocenters. The third-order valence-electron chi connectivity index (χ3n) is 3.37. The molecule has 2 rings (SSSR count). The van der Waals surface area contributed by atoms with Gasteiger partial charge in [-0.3, -0.25) is 9.59 Å². The van der Waals surface area contributed by atoms with E-state index in [9.17, 15) is 9.59 Å². The molecule has 0 saturated heterocycles. The summed E-state index contributed by atoms with van der Waals surface area (Å²) >= 11 is 0. The number of nitrogens with one attached hydrogen (secondary N) is 2. The summed E-state index contributed by atoms with van der Waals surface area (Å²) in [6.45, 7) is 4.37. The highest BCUT2D eigenvalue weighted by Gasteiger charge is 2.09. The van der Waals surface area contributed by atoms with Crippen molar-refractivity contribution in [2.75, 3.05) is 0 Å². The van der Waals surface area contributed by atoms with E-state index in [4.69, 9.17) is 0 Å². The van der Waals surface area contributed by atoms with Gasteiger partial charge in [0.2, 0.25) is 5.91 Å².